The molecule has 4 heteroatoms. The minimum atomic E-state index is -3.33. The largest absolute Gasteiger partial charge is 0.429 e. The first-order chi connectivity index (χ1) is 12.5. The standard InChI is InChI=1S/C22H25F3O/c1-3-5-6-7-15-8-10-16(11-9-15)19-13-12-17-14-18(4-2)22(24,25)26-21(17)20(19)23/h8-13,18H,3-7,14H2,1-2H3. The topological polar surface area (TPSA) is 9.23 Å². The summed E-state index contributed by atoms with van der Waals surface area (Å²) in [6.07, 6.45) is 1.57. The molecule has 0 N–H and O–H groups in total. The van der Waals surface area contributed by atoms with Crippen LogP contribution in [0.4, 0.5) is 13.2 Å². The Bertz CT molecular complexity index is 753. The SMILES string of the molecule is CCCCCc1ccc(-c2ccc3c(c2F)OC(F)(F)C(CC)C3)cc1. The van der Waals surface area contributed by atoms with E-state index in [9.17, 15) is 13.2 Å². The molecule has 1 aliphatic heterocycles. The smallest absolute Gasteiger partial charge is 0.401 e. The van der Waals surface area contributed by atoms with Gasteiger partial charge in [0, 0.05) is 5.56 Å². The quantitative estimate of drug-likeness (QED) is 0.515. The highest BCUT2D eigenvalue weighted by molar-refractivity contribution is 5.67. The number of halogens is 3. The molecule has 1 heterocycles. The second-order valence-electron chi connectivity index (χ2n) is 7.04. The van der Waals surface area contributed by atoms with Crippen molar-refractivity contribution in [1.29, 1.82) is 0 Å². The Morgan fingerprint density at radius 3 is 2.42 bits per heavy atom. The molecule has 0 bridgehead atoms. The zero-order valence-electron chi connectivity index (χ0n) is 15.3. The van der Waals surface area contributed by atoms with Crippen LogP contribution in [0.25, 0.3) is 11.1 Å². The Morgan fingerprint density at radius 1 is 1.04 bits per heavy atom. The molecule has 0 aromatic heterocycles. The lowest BCUT2D eigenvalue weighted by molar-refractivity contribution is -0.225. The van der Waals surface area contributed by atoms with Crippen LogP contribution >= 0.6 is 0 Å². The number of unbranched alkanes of at least 4 members (excludes halogenated alkanes) is 2. The highest BCUT2D eigenvalue weighted by Gasteiger charge is 2.46. The van der Waals surface area contributed by atoms with Crippen LogP contribution in [-0.2, 0) is 12.8 Å². The maximum absolute atomic E-state index is 14.9. The molecular weight excluding hydrogens is 337 g/mol. The molecule has 0 amide bonds. The summed E-state index contributed by atoms with van der Waals surface area (Å²) in [5.74, 6) is -1.91. The Balaban J connectivity index is 1.86. The summed E-state index contributed by atoms with van der Waals surface area (Å²) in [6, 6.07) is 11.0. The van der Waals surface area contributed by atoms with Crippen molar-refractivity contribution < 1.29 is 17.9 Å². The summed E-state index contributed by atoms with van der Waals surface area (Å²) >= 11 is 0. The van der Waals surface area contributed by atoms with Gasteiger partial charge in [0.1, 0.15) is 0 Å². The van der Waals surface area contributed by atoms with E-state index in [2.05, 4.69) is 6.92 Å². The first kappa shape index (κ1) is 18.8. The lowest BCUT2D eigenvalue weighted by atomic mass is 9.90. The van der Waals surface area contributed by atoms with E-state index in [1.807, 2.05) is 24.3 Å². The number of benzene rings is 2. The Labute approximate surface area is 153 Å². The predicted molar refractivity (Wildman–Crippen MR) is 98.1 cm³/mol. The fourth-order valence-electron chi connectivity index (χ4n) is 3.51. The van der Waals surface area contributed by atoms with Gasteiger partial charge in [0.25, 0.3) is 0 Å². The van der Waals surface area contributed by atoms with Crippen molar-refractivity contribution in [1.82, 2.24) is 0 Å². The average molecular weight is 362 g/mol. The van der Waals surface area contributed by atoms with E-state index in [0.29, 0.717) is 16.7 Å². The van der Waals surface area contributed by atoms with E-state index in [-0.39, 0.29) is 18.6 Å². The Kier molecular flexibility index (Phi) is 5.59. The van der Waals surface area contributed by atoms with E-state index >= 15 is 0 Å². The molecule has 140 valence electrons. The van der Waals surface area contributed by atoms with Gasteiger partial charge in [-0.2, -0.15) is 8.78 Å². The molecule has 3 rings (SSSR count). The van der Waals surface area contributed by atoms with Crippen LogP contribution in [0.5, 0.6) is 5.75 Å². The molecule has 0 saturated carbocycles. The average Bonchev–Trinajstić information content (AvgIpc) is 2.63. The lowest BCUT2D eigenvalue weighted by Gasteiger charge is -2.32. The summed E-state index contributed by atoms with van der Waals surface area (Å²) < 4.78 is 47.8. The minimum absolute atomic E-state index is 0.131. The van der Waals surface area contributed by atoms with Crippen LogP contribution in [0.1, 0.15) is 50.7 Å². The monoisotopic (exact) mass is 362 g/mol. The second kappa shape index (κ2) is 7.73. The van der Waals surface area contributed by atoms with Crippen LogP contribution < -0.4 is 4.74 Å². The van der Waals surface area contributed by atoms with Crippen LogP contribution in [0.15, 0.2) is 36.4 Å². The van der Waals surface area contributed by atoms with Gasteiger partial charge in [0.2, 0.25) is 0 Å². The molecule has 26 heavy (non-hydrogen) atoms. The highest BCUT2D eigenvalue weighted by Crippen LogP contribution is 2.44. The normalized spacial score (nSPS) is 18.3. The van der Waals surface area contributed by atoms with E-state index < -0.39 is 17.8 Å². The van der Waals surface area contributed by atoms with Crippen LogP contribution in [0.2, 0.25) is 0 Å². The summed E-state index contributed by atoms with van der Waals surface area (Å²) in [5.41, 5.74) is 2.69. The summed E-state index contributed by atoms with van der Waals surface area (Å²) in [5, 5.41) is 0. The summed E-state index contributed by atoms with van der Waals surface area (Å²) in [6.45, 7) is 3.86. The van der Waals surface area contributed by atoms with Gasteiger partial charge < -0.3 is 4.74 Å². The molecule has 1 atom stereocenters. The maximum Gasteiger partial charge on any atom is 0.401 e. The maximum atomic E-state index is 14.9. The van der Waals surface area contributed by atoms with Crippen molar-refractivity contribution >= 4 is 0 Å². The third-order valence-corrected chi connectivity index (χ3v) is 5.19. The lowest BCUT2D eigenvalue weighted by Crippen LogP contribution is -2.39. The second-order valence-corrected chi connectivity index (χ2v) is 7.04. The summed E-state index contributed by atoms with van der Waals surface area (Å²) in [4.78, 5) is 0. The molecular formula is C22H25F3O. The third kappa shape index (κ3) is 3.74. The number of aryl methyl sites for hydroxylation is 1. The van der Waals surface area contributed by atoms with Crippen LogP contribution in [0.3, 0.4) is 0 Å². The van der Waals surface area contributed by atoms with Crippen molar-refractivity contribution in [3.8, 4) is 16.9 Å². The van der Waals surface area contributed by atoms with Gasteiger partial charge in [-0.15, -0.1) is 0 Å². The van der Waals surface area contributed by atoms with Gasteiger partial charge in [0.15, 0.2) is 11.6 Å². The Morgan fingerprint density at radius 2 is 1.77 bits per heavy atom. The minimum Gasteiger partial charge on any atom is -0.429 e. The number of hydrogen-bond acceptors (Lipinski definition) is 1. The molecule has 2 aromatic carbocycles. The number of hydrogen-bond donors (Lipinski definition) is 0. The zero-order valence-corrected chi connectivity index (χ0v) is 15.3. The van der Waals surface area contributed by atoms with Crippen molar-refractivity contribution in [3.63, 3.8) is 0 Å². The number of alkyl halides is 2. The van der Waals surface area contributed by atoms with Gasteiger partial charge in [-0.05, 0) is 42.4 Å². The molecule has 0 aliphatic carbocycles. The van der Waals surface area contributed by atoms with Gasteiger partial charge >= 0.3 is 6.11 Å². The van der Waals surface area contributed by atoms with Gasteiger partial charge in [-0.3, -0.25) is 0 Å². The fraction of sp³-hybridized carbons (Fsp3) is 0.455. The van der Waals surface area contributed by atoms with E-state index in [1.165, 1.54) is 18.4 Å². The molecule has 1 aliphatic rings. The molecule has 1 nitrogen and oxygen atoms in total. The van der Waals surface area contributed by atoms with Crippen LogP contribution in [0, 0.1) is 11.7 Å². The molecule has 1 unspecified atom stereocenters. The first-order valence-corrected chi connectivity index (χ1v) is 9.43. The zero-order chi connectivity index (χ0) is 18.7. The molecule has 2 aromatic rings. The van der Waals surface area contributed by atoms with Gasteiger partial charge in [-0.25, -0.2) is 4.39 Å². The first-order valence-electron chi connectivity index (χ1n) is 9.43. The van der Waals surface area contributed by atoms with E-state index in [0.717, 1.165) is 12.8 Å². The van der Waals surface area contributed by atoms with E-state index in [4.69, 9.17) is 4.74 Å². The fourth-order valence-corrected chi connectivity index (χ4v) is 3.51. The van der Waals surface area contributed by atoms with Gasteiger partial charge in [0.05, 0.1) is 5.92 Å². The predicted octanol–water partition coefficient (Wildman–Crippen LogP) is 6.78. The number of ether oxygens (including phenoxy) is 1. The highest BCUT2D eigenvalue weighted by atomic mass is 19.3. The molecule has 0 spiro atoms. The Hall–Kier alpha value is -1.97. The molecule has 0 fully saturated rings. The van der Waals surface area contributed by atoms with Crippen molar-refractivity contribution in [2.24, 2.45) is 5.92 Å². The third-order valence-electron chi connectivity index (χ3n) is 5.19. The van der Waals surface area contributed by atoms with E-state index in [1.54, 1.807) is 19.1 Å². The van der Waals surface area contributed by atoms with Crippen molar-refractivity contribution in [3.05, 3.63) is 53.3 Å². The number of fused-ring (bicyclic) bond motifs is 1. The van der Waals surface area contributed by atoms with Crippen molar-refractivity contribution in [2.45, 2.75) is 58.5 Å². The molecule has 0 saturated heterocycles. The van der Waals surface area contributed by atoms with Gasteiger partial charge in [-0.1, -0.05) is 63.1 Å². The number of rotatable bonds is 6. The summed E-state index contributed by atoms with van der Waals surface area (Å²) in [7, 11) is 0. The van der Waals surface area contributed by atoms with Crippen molar-refractivity contribution in [2.75, 3.05) is 0 Å². The molecule has 0 radical (unpaired) electrons. The van der Waals surface area contributed by atoms with Crippen LogP contribution in [-0.4, -0.2) is 6.11 Å².